The molecule has 1 fully saturated rings. The lowest BCUT2D eigenvalue weighted by Crippen LogP contribution is -2.59. The molecule has 0 saturated carbocycles. The lowest BCUT2D eigenvalue weighted by Gasteiger charge is -2.39. The van der Waals surface area contributed by atoms with Gasteiger partial charge in [-0.05, 0) is 64.2 Å². The van der Waals surface area contributed by atoms with Crippen molar-refractivity contribution in [3.05, 3.63) is 72.9 Å². The first kappa shape index (κ1) is 55.6. The lowest BCUT2D eigenvalue weighted by atomic mass is 9.99. The SMILES string of the molecule is CC/C=C\C/C=C\C/C=C\C/C=C\C/C=C\C/C=C\CCCCCCCOCC(COC1OC(CO)C(O)C(O)C1O)OC(=O)CCCCCCCCCCCCCCC. The third-order valence-electron chi connectivity index (χ3n) is 10.6. The van der Waals surface area contributed by atoms with E-state index in [4.69, 9.17) is 18.9 Å². The van der Waals surface area contributed by atoms with Gasteiger partial charge in [0.2, 0.25) is 0 Å². The fourth-order valence-electron chi connectivity index (χ4n) is 6.91. The molecule has 4 N–H and O–H groups in total. The second-order valence-electron chi connectivity index (χ2n) is 16.2. The maximum Gasteiger partial charge on any atom is 0.306 e. The van der Waals surface area contributed by atoms with Crippen LogP contribution in [-0.2, 0) is 23.7 Å². The third kappa shape index (κ3) is 32.4. The molecule has 60 heavy (non-hydrogen) atoms. The second kappa shape index (κ2) is 42.0. The van der Waals surface area contributed by atoms with E-state index in [1.807, 2.05) is 0 Å². The Hall–Kier alpha value is -2.37. The Morgan fingerprint density at radius 2 is 1.02 bits per heavy atom. The van der Waals surface area contributed by atoms with Gasteiger partial charge < -0.3 is 39.4 Å². The predicted molar refractivity (Wildman–Crippen MR) is 247 cm³/mol. The van der Waals surface area contributed by atoms with Crippen molar-refractivity contribution in [2.75, 3.05) is 26.4 Å². The first-order valence-electron chi connectivity index (χ1n) is 24.0. The van der Waals surface area contributed by atoms with Crippen LogP contribution in [0.25, 0.3) is 0 Å². The molecule has 0 aliphatic carbocycles. The number of aliphatic hydroxyl groups excluding tert-OH is 4. The van der Waals surface area contributed by atoms with E-state index in [9.17, 15) is 25.2 Å². The molecule has 6 atom stereocenters. The van der Waals surface area contributed by atoms with Gasteiger partial charge in [0.05, 0.1) is 19.8 Å². The minimum atomic E-state index is -1.54. The summed E-state index contributed by atoms with van der Waals surface area (Å²) in [6, 6.07) is 0. The zero-order chi connectivity index (χ0) is 43.6. The average Bonchev–Trinajstić information content (AvgIpc) is 3.25. The zero-order valence-corrected chi connectivity index (χ0v) is 37.9. The lowest BCUT2D eigenvalue weighted by molar-refractivity contribution is -0.305. The van der Waals surface area contributed by atoms with E-state index in [0.29, 0.717) is 13.0 Å². The molecule has 346 valence electrons. The van der Waals surface area contributed by atoms with Crippen molar-refractivity contribution in [1.82, 2.24) is 0 Å². The zero-order valence-electron chi connectivity index (χ0n) is 37.9. The maximum atomic E-state index is 12.8. The Morgan fingerprint density at radius 1 is 0.550 bits per heavy atom. The number of unbranched alkanes of at least 4 members (excludes halogenated alkanes) is 17. The molecular formula is C51H88O9. The molecule has 0 spiro atoms. The predicted octanol–water partition coefficient (Wildman–Crippen LogP) is 11.3. The number of hydrogen-bond acceptors (Lipinski definition) is 9. The van der Waals surface area contributed by atoms with Gasteiger partial charge in [-0.15, -0.1) is 0 Å². The Balaban J connectivity index is 2.24. The Labute approximate surface area is 366 Å². The number of aliphatic hydroxyl groups is 4. The van der Waals surface area contributed by atoms with Gasteiger partial charge in [0, 0.05) is 13.0 Å². The molecule has 9 nitrogen and oxygen atoms in total. The van der Waals surface area contributed by atoms with Crippen LogP contribution in [0.3, 0.4) is 0 Å². The second-order valence-corrected chi connectivity index (χ2v) is 16.2. The quantitative estimate of drug-likeness (QED) is 0.0270. The Kier molecular flexibility index (Phi) is 38.9. The van der Waals surface area contributed by atoms with Gasteiger partial charge in [0.1, 0.15) is 30.5 Å². The van der Waals surface area contributed by atoms with E-state index in [1.165, 1.54) is 70.6 Å². The van der Waals surface area contributed by atoms with Gasteiger partial charge in [-0.1, -0.05) is 183 Å². The van der Waals surface area contributed by atoms with Crippen molar-refractivity contribution in [3.8, 4) is 0 Å². The molecule has 1 rings (SSSR count). The van der Waals surface area contributed by atoms with E-state index < -0.39 is 43.4 Å². The Bertz CT molecular complexity index is 1140. The third-order valence-corrected chi connectivity index (χ3v) is 10.6. The molecular weight excluding hydrogens is 757 g/mol. The number of carbonyl (C=O) groups is 1. The molecule has 1 aliphatic heterocycles. The maximum absolute atomic E-state index is 12.8. The van der Waals surface area contributed by atoms with Gasteiger partial charge in [0.15, 0.2) is 6.29 Å². The summed E-state index contributed by atoms with van der Waals surface area (Å²) in [5, 5.41) is 40.1. The summed E-state index contributed by atoms with van der Waals surface area (Å²) in [5.41, 5.74) is 0. The summed E-state index contributed by atoms with van der Waals surface area (Å²) < 4.78 is 22.8. The highest BCUT2D eigenvalue weighted by Gasteiger charge is 2.44. The molecule has 1 saturated heterocycles. The standard InChI is InChI=1S/C51H88O9/c1-3-5-7-9-11-13-15-17-18-19-20-21-22-23-24-25-26-27-29-31-33-35-37-39-41-57-43-45(44-58-51-50(56)49(55)48(54)46(42-52)60-51)59-47(53)40-38-36-34-32-30-28-16-14-12-10-8-6-4-2/h5,7,11,13,17-18,20-21,23-24,26-27,45-46,48-52,54-56H,3-4,6,8-10,12,14-16,19,22,25,28-44H2,1-2H3/b7-5-,13-11-,18-17-,21-20-,24-23-,27-26-. The summed E-state index contributed by atoms with van der Waals surface area (Å²) in [7, 11) is 0. The molecule has 0 aromatic carbocycles. The number of hydrogen-bond donors (Lipinski definition) is 4. The minimum absolute atomic E-state index is 0.123. The van der Waals surface area contributed by atoms with E-state index in [-0.39, 0.29) is 19.2 Å². The van der Waals surface area contributed by atoms with Crippen LogP contribution in [-0.4, -0.2) is 89.6 Å². The van der Waals surface area contributed by atoms with Crippen molar-refractivity contribution in [2.45, 2.75) is 218 Å². The molecule has 1 aliphatic rings. The molecule has 9 heteroatoms. The number of esters is 1. The van der Waals surface area contributed by atoms with Gasteiger partial charge in [-0.2, -0.15) is 0 Å². The first-order valence-corrected chi connectivity index (χ1v) is 24.0. The highest BCUT2D eigenvalue weighted by molar-refractivity contribution is 5.69. The van der Waals surface area contributed by atoms with Crippen molar-refractivity contribution in [1.29, 1.82) is 0 Å². The van der Waals surface area contributed by atoms with Crippen molar-refractivity contribution < 1.29 is 44.2 Å². The summed E-state index contributed by atoms with van der Waals surface area (Å²) in [5.74, 6) is -0.323. The van der Waals surface area contributed by atoms with Crippen LogP contribution in [0.1, 0.15) is 181 Å². The highest BCUT2D eigenvalue weighted by Crippen LogP contribution is 2.22. The molecule has 0 radical (unpaired) electrons. The van der Waals surface area contributed by atoms with Crippen LogP contribution in [0.4, 0.5) is 0 Å². The van der Waals surface area contributed by atoms with E-state index in [1.54, 1.807) is 0 Å². The monoisotopic (exact) mass is 845 g/mol. The number of allylic oxidation sites excluding steroid dienone is 12. The molecule has 0 amide bonds. The van der Waals surface area contributed by atoms with Crippen molar-refractivity contribution in [3.63, 3.8) is 0 Å². The number of ether oxygens (including phenoxy) is 4. The van der Waals surface area contributed by atoms with E-state index in [2.05, 4.69) is 86.8 Å². The van der Waals surface area contributed by atoms with Crippen LogP contribution >= 0.6 is 0 Å². The fraction of sp³-hybridized carbons (Fsp3) is 0.745. The summed E-state index contributed by atoms with van der Waals surface area (Å²) in [4.78, 5) is 12.8. The molecule has 0 aromatic rings. The Morgan fingerprint density at radius 3 is 1.53 bits per heavy atom. The van der Waals surface area contributed by atoms with Crippen LogP contribution in [0, 0.1) is 0 Å². The smallest absolute Gasteiger partial charge is 0.306 e. The van der Waals surface area contributed by atoms with Crippen LogP contribution in [0.15, 0.2) is 72.9 Å². The van der Waals surface area contributed by atoms with Gasteiger partial charge in [0.25, 0.3) is 0 Å². The molecule has 0 bridgehead atoms. The van der Waals surface area contributed by atoms with Crippen molar-refractivity contribution >= 4 is 5.97 Å². The first-order chi connectivity index (χ1) is 29.4. The van der Waals surface area contributed by atoms with Crippen molar-refractivity contribution in [2.24, 2.45) is 0 Å². The van der Waals surface area contributed by atoms with Gasteiger partial charge in [-0.3, -0.25) is 4.79 Å². The molecule has 1 heterocycles. The fourth-order valence-corrected chi connectivity index (χ4v) is 6.91. The highest BCUT2D eigenvalue weighted by atomic mass is 16.7. The average molecular weight is 845 g/mol. The molecule has 0 aromatic heterocycles. The van der Waals surface area contributed by atoms with E-state index >= 15 is 0 Å². The summed E-state index contributed by atoms with van der Waals surface area (Å²) >= 11 is 0. The van der Waals surface area contributed by atoms with Gasteiger partial charge in [-0.25, -0.2) is 0 Å². The minimum Gasteiger partial charge on any atom is -0.457 e. The summed E-state index contributed by atoms with van der Waals surface area (Å²) in [6.07, 6.45) is 47.9. The van der Waals surface area contributed by atoms with Crippen LogP contribution in [0.2, 0.25) is 0 Å². The van der Waals surface area contributed by atoms with Gasteiger partial charge >= 0.3 is 5.97 Å². The molecule has 6 unspecified atom stereocenters. The summed E-state index contributed by atoms with van der Waals surface area (Å²) in [6.45, 7) is 4.39. The van der Waals surface area contributed by atoms with Crippen LogP contribution < -0.4 is 0 Å². The normalized spacial score (nSPS) is 20.7. The largest absolute Gasteiger partial charge is 0.457 e. The number of carbonyl (C=O) groups excluding carboxylic acids is 1. The number of rotatable bonds is 40. The van der Waals surface area contributed by atoms with Crippen LogP contribution in [0.5, 0.6) is 0 Å². The topological polar surface area (TPSA) is 135 Å². The van der Waals surface area contributed by atoms with E-state index in [0.717, 1.165) is 89.9 Å².